The zero-order valence-corrected chi connectivity index (χ0v) is 15.8. The number of aryl methyl sites for hydroxylation is 1. The largest absolute Gasteiger partial charge is 0.573 e. The molecule has 1 fully saturated rings. The van der Waals surface area contributed by atoms with Crippen molar-refractivity contribution in [1.82, 2.24) is 9.29 Å². The van der Waals surface area contributed by atoms with E-state index in [1.165, 1.54) is 4.31 Å². The Kier molecular flexibility index (Phi) is 5.80. The molecule has 2 aromatic rings. The molecule has 1 aliphatic heterocycles. The van der Waals surface area contributed by atoms with Crippen LogP contribution in [-0.2, 0) is 10.0 Å². The monoisotopic (exact) mass is 416 g/mol. The molecule has 0 atom stereocenters. The number of piperidine rings is 1. The lowest BCUT2D eigenvalue weighted by Gasteiger charge is -2.31. The summed E-state index contributed by atoms with van der Waals surface area (Å²) in [6.07, 6.45) is -2.32. The van der Waals surface area contributed by atoms with Crippen LogP contribution in [0.4, 0.5) is 13.2 Å². The van der Waals surface area contributed by atoms with E-state index in [0.29, 0.717) is 18.6 Å². The summed E-state index contributed by atoms with van der Waals surface area (Å²) in [4.78, 5) is 4.08. The first-order valence-corrected chi connectivity index (χ1v) is 10.0. The Morgan fingerprint density at radius 1 is 1.04 bits per heavy atom. The summed E-state index contributed by atoms with van der Waals surface area (Å²) in [5.41, 5.74) is 0.875. The van der Waals surface area contributed by atoms with Gasteiger partial charge in [-0.25, -0.2) is 8.42 Å². The molecule has 1 aromatic heterocycles. The quantitative estimate of drug-likeness (QED) is 0.746. The number of hydrogen-bond acceptors (Lipinski definition) is 5. The van der Waals surface area contributed by atoms with Crippen molar-refractivity contribution in [3.63, 3.8) is 0 Å². The molecule has 3 rings (SSSR count). The van der Waals surface area contributed by atoms with Crippen molar-refractivity contribution in [2.45, 2.75) is 37.1 Å². The predicted octanol–water partition coefficient (Wildman–Crippen LogP) is 3.52. The van der Waals surface area contributed by atoms with Gasteiger partial charge in [-0.2, -0.15) is 4.31 Å². The van der Waals surface area contributed by atoms with Crippen LogP contribution < -0.4 is 9.47 Å². The molecule has 0 saturated carbocycles. The molecule has 1 saturated heterocycles. The first kappa shape index (κ1) is 20.4. The van der Waals surface area contributed by atoms with Crippen LogP contribution in [0.2, 0.25) is 0 Å². The van der Waals surface area contributed by atoms with E-state index in [9.17, 15) is 21.6 Å². The minimum Gasteiger partial charge on any atom is -0.489 e. The van der Waals surface area contributed by atoms with Gasteiger partial charge < -0.3 is 9.47 Å². The minimum absolute atomic E-state index is 0.0795. The van der Waals surface area contributed by atoms with E-state index in [2.05, 4.69) is 9.72 Å². The standard InChI is InChI=1S/C18H19F3N2O4S/c1-13-2-3-16(12-22-13)26-14-8-10-23(11-9-14)28(24,25)17-6-4-15(5-7-17)27-18(19,20)21/h2-7,12,14H,8-11H2,1H3. The van der Waals surface area contributed by atoms with Gasteiger partial charge in [0.25, 0.3) is 0 Å². The van der Waals surface area contributed by atoms with Crippen molar-refractivity contribution in [2.24, 2.45) is 0 Å². The van der Waals surface area contributed by atoms with Gasteiger partial charge in [-0.3, -0.25) is 4.98 Å². The molecule has 28 heavy (non-hydrogen) atoms. The summed E-state index contributed by atoms with van der Waals surface area (Å²) in [5.74, 6) is 0.164. The molecule has 0 spiro atoms. The molecule has 0 bridgehead atoms. The summed E-state index contributed by atoms with van der Waals surface area (Å²) in [7, 11) is -3.80. The molecule has 152 valence electrons. The number of ether oxygens (including phenoxy) is 2. The maximum Gasteiger partial charge on any atom is 0.573 e. The van der Waals surface area contributed by atoms with E-state index in [1.54, 1.807) is 6.20 Å². The third-order valence-corrected chi connectivity index (χ3v) is 6.20. The van der Waals surface area contributed by atoms with Crippen LogP contribution in [-0.4, -0.2) is 43.3 Å². The fourth-order valence-electron chi connectivity index (χ4n) is 2.87. The first-order valence-electron chi connectivity index (χ1n) is 8.59. The Balaban J connectivity index is 1.60. The van der Waals surface area contributed by atoms with Gasteiger partial charge in [0, 0.05) is 18.8 Å². The second-order valence-electron chi connectivity index (χ2n) is 6.38. The second kappa shape index (κ2) is 7.96. The third-order valence-electron chi connectivity index (χ3n) is 4.28. The van der Waals surface area contributed by atoms with E-state index in [-0.39, 0.29) is 24.1 Å². The molecule has 0 N–H and O–H groups in total. The van der Waals surface area contributed by atoms with Gasteiger partial charge in [0.1, 0.15) is 17.6 Å². The van der Waals surface area contributed by atoms with Gasteiger partial charge in [0.05, 0.1) is 11.1 Å². The molecule has 1 aliphatic rings. The Morgan fingerprint density at radius 3 is 2.18 bits per heavy atom. The number of nitrogens with zero attached hydrogens (tertiary/aromatic N) is 2. The lowest BCUT2D eigenvalue weighted by molar-refractivity contribution is -0.274. The minimum atomic E-state index is -4.82. The fourth-order valence-corrected chi connectivity index (χ4v) is 4.34. The Morgan fingerprint density at radius 2 is 1.64 bits per heavy atom. The predicted molar refractivity (Wildman–Crippen MR) is 94.5 cm³/mol. The summed E-state index contributed by atoms with van der Waals surface area (Å²) >= 11 is 0. The lowest BCUT2D eigenvalue weighted by Crippen LogP contribution is -2.41. The molecule has 0 unspecified atom stereocenters. The molecular formula is C18H19F3N2O4S. The van der Waals surface area contributed by atoms with Crippen LogP contribution in [0.5, 0.6) is 11.5 Å². The van der Waals surface area contributed by atoms with Crippen LogP contribution in [0.3, 0.4) is 0 Å². The fraction of sp³-hybridized carbons (Fsp3) is 0.389. The number of halogens is 3. The molecule has 0 aliphatic carbocycles. The van der Waals surface area contributed by atoms with Gasteiger partial charge in [-0.1, -0.05) is 0 Å². The molecular weight excluding hydrogens is 397 g/mol. The first-order chi connectivity index (χ1) is 13.1. The molecule has 1 aromatic carbocycles. The van der Waals surface area contributed by atoms with Crippen molar-refractivity contribution in [2.75, 3.05) is 13.1 Å². The highest BCUT2D eigenvalue weighted by Crippen LogP contribution is 2.27. The van der Waals surface area contributed by atoms with E-state index >= 15 is 0 Å². The van der Waals surface area contributed by atoms with Crippen molar-refractivity contribution in [3.8, 4) is 11.5 Å². The Labute approximate surface area is 161 Å². The smallest absolute Gasteiger partial charge is 0.489 e. The SMILES string of the molecule is Cc1ccc(OC2CCN(S(=O)(=O)c3ccc(OC(F)(F)F)cc3)CC2)cn1. The van der Waals surface area contributed by atoms with Crippen molar-refractivity contribution in [3.05, 3.63) is 48.3 Å². The van der Waals surface area contributed by atoms with Crippen LogP contribution in [0.25, 0.3) is 0 Å². The van der Waals surface area contributed by atoms with Crippen molar-refractivity contribution < 1.29 is 31.1 Å². The Bertz CT molecular complexity index is 892. The Hall–Kier alpha value is -2.33. The third kappa shape index (κ3) is 5.14. The number of sulfonamides is 1. The number of benzene rings is 1. The van der Waals surface area contributed by atoms with E-state index < -0.39 is 22.1 Å². The highest BCUT2D eigenvalue weighted by atomic mass is 32.2. The highest BCUT2D eigenvalue weighted by molar-refractivity contribution is 7.89. The van der Waals surface area contributed by atoms with E-state index in [4.69, 9.17) is 4.74 Å². The van der Waals surface area contributed by atoms with Gasteiger partial charge in [0.15, 0.2) is 0 Å². The number of rotatable bonds is 5. The van der Waals surface area contributed by atoms with Crippen molar-refractivity contribution >= 4 is 10.0 Å². The molecule has 6 nitrogen and oxygen atoms in total. The van der Waals surface area contributed by atoms with Crippen LogP contribution in [0, 0.1) is 6.92 Å². The van der Waals surface area contributed by atoms with Gasteiger partial charge in [0.2, 0.25) is 10.0 Å². The number of alkyl halides is 3. The average Bonchev–Trinajstić information content (AvgIpc) is 2.63. The normalized spacial score (nSPS) is 16.7. The van der Waals surface area contributed by atoms with E-state index in [0.717, 1.165) is 30.0 Å². The zero-order valence-electron chi connectivity index (χ0n) is 15.0. The molecule has 0 amide bonds. The summed E-state index contributed by atoms with van der Waals surface area (Å²) in [6, 6.07) is 7.84. The van der Waals surface area contributed by atoms with Crippen LogP contribution >= 0.6 is 0 Å². The highest BCUT2D eigenvalue weighted by Gasteiger charge is 2.32. The zero-order chi connectivity index (χ0) is 20.4. The number of hydrogen-bond donors (Lipinski definition) is 0. The van der Waals surface area contributed by atoms with Crippen LogP contribution in [0.1, 0.15) is 18.5 Å². The summed E-state index contributed by atoms with van der Waals surface area (Å²) in [6.45, 7) is 2.38. The molecule has 2 heterocycles. The van der Waals surface area contributed by atoms with Crippen molar-refractivity contribution in [1.29, 1.82) is 0 Å². The van der Waals surface area contributed by atoms with Gasteiger partial charge in [-0.15, -0.1) is 13.2 Å². The van der Waals surface area contributed by atoms with Gasteiger partial charge in [-0.05, 0) is 56.2 Å². The number of aromatic nitrogens is 1. The summed E-state index contributed by atoms with van der Waals surface area (Å²) < 4.78 is 72.9. The average molecular weight is 416 g/mol. The molecule has 0 radical (unpaired) electrons. The van der Waals surface area contributed by atoms with Crippen LogP contribution in [0.15, 0.2) is 47.5 Å². The van der Waals surface area contributed by atoms with E-state index in [1.807, 2.05) is 19.1 Å². The van der Waals surface area contributed by atoms with Gasteiger partial charge >= 0.3 is 6.36 Å². The lowest BCUT2D eigenvalue weighted by atomic mass is 10.1. The summed E-state index contributed by atoms with van der Waals surface area (Å²) in [5, 5.41) is 0. The topological polar surface area (TPSA) is 68.7 Å². The maximum atomic E-state index is 12.7. The molecule has 10 heteroatoms. The maximum absolute atomic E-state index is 12.7. The number of pyridine rings is 1. The second-order valence-corrected chi connectivity index (χ2v) is 8.31.